The number of halogens is 3. The number of thiocarbonyl (C=S) groups is 1. The van der Waals surface area contributed by atoms with Gasteiger partial charge in [-0.3, -0.25) is 0 Å². The highest BCUT2D eigenvalue weighted by Gasteiger charge is 2.31. The van der Waals surface area contributed by atoms with Gasteiger partial charge in [0.2, 0.25) is 0 Å². The van der Waals surface area contributed by atoms with Gasteiger partial charge in [0.1, 0.15) is 4.99 Å². The van der Waals surface area contributed by atoms with E-state index in [0.717, 1.165) is 12.1 Å². The Balaban J connectivity index is 2.86. The molecule has 0 unspecified atom stereocenters. The second-order valence-corrected chi connectivity index (χ2v) is 4.28. The van der Waals surface area contributed by atoms with Crippen LogP contribution in [0.15, 0.2) is 18.2 Å². The van der Waals surface area contributed by atoms with E-state index < -0.39 is 17.8 Å². The number of urea groups is 1. The molecule has 0 atom stereocenters. The maximum Gasteiger partial charge on any atom is 0.416 e. The Morgan fingerprint density at radius 2 is 1.90 bits per heavy atom. The summed E-state index contributed by atoms with van der Waals surface area (Å²) >= 11 is 4.73. The quantitative estimate of drug-likeness (QED) is 0.489. The van der Waals surface area contributed by atoms with E-state index in [2.05, 4.69) is 10.6 Å². The summed E-state index contributed by atoms with van der Waals surface area (Å²) in [5.74, 6) is 0. The summed E-state index contributed by atoms with van der Waals surface area (Å²) in [7, 11) is 0. The summed E-state index contributed by atoms with van der Waals surface area (Å²) in [6.45, 7) is 0.483. The molecule has 1 aromatic carbocycles. The Kier molecular flexibility index (Phi) is 5.14. The van der Waals surface area contributed by atoms with E-state index in [1.807, 2.05) is 0 Å². The average Bonchev–Trinajstić information content (AvgIpc) is 2.33. The Bertz CT molecular complexity index is 519. The summed E-state index contributed by atoms with van der Waals surface area (Å²) in [5, 5.41) is 5.16. The van der Waals surface area contributed by atoms with Crippen LogP contribution in [-0.4, -0.2) is 24.1 Å². The number of hydrogen-bond donors (Lipinski definition) is 4. The highest BCUT2D eigenvalue weighted by Crippen LogP contribution is 2.31. The normalized spacial score (nSPS) is 10.9. The van der Waals surface area contributed by atoms with Crippen LogP contribution in [0.5, 0.6) is 0 Å². The summed E-state index contributed by atoms with van der Waals surface area (Å²) in [4.78, 5) is 10.3. The van der Waals surface area contributed by atoms with Gasteiger partial charge in [-0.15, -0.1) is 0 Å². The van der Waals surface area contributed by atoms with Crippen molar-refractivity contribution >= 4 is 28.9 Å². The maximum atomic E-state index is 12.6. The zero-order chi connectivity index (χ0) is 15.3. The SMILES string of the molecule is NC(=O)NCCNc1ccc(C(F)(F)F)cc1C(N)=S. The lowest BCUT2D eigenvalue weighted by Gasteiger charge is -2.14. The Labute approximate surface area is 118 Å². The average molecular weight is 306 g/mol. The fourth-order valence-corrected chi connectivity index (χ4v) is 1.63. The van der Waals surface area contributed by atoms with Crippen molar-refractivity contribution in [3.8, 4) is 0 Å². The van der Waals surface area contributed by atoms with Gasteiger partial charge in [-0.05, 0) is 18.2 Å². The third-order valence-corrected chi connectivity index (χ3v) is 2.57. The van der Waals surface area contributed by atoms with Crippen molar-refractivity contribution < 1.29 is 18.0 Å². The number of amides is 2. The van der Waals surface area contributed by atoms with Crippen LogP contribution in [0.4, 0.5) is 23.7 Å². The first-order valence-electron chi connectivity index (χ1n) is 5.50. The molecule has 0 saturated heterocycles. The van der Waals surface area contributed by atoms with Crippen molar-refractivity contribution in [3.63, 3.8) is 0 Å². The second kappa shape index (κ2) is 6.42. The molecule has 1 rings (SSSR count). The lowest BCUT2D eigenvalue weighted by molar-refractivity contribution is -0.137. The van der Waals surface area contributed by atoms with Gasteiger partial charge in [-0.2, -0.15) is 13.2 Å². The van der Waals surface area contributed by atoms with Crippen LogP contribution in [0.3, 0.4) is 0 Å². The fraction of sp³-hybridized carbons (Fsp3) is 0.273. The van der Waals surface area contributed by atoms with Crippen LogP contribution < -0.4 is 22.1 Å². The molecule has 0 aliphatic carbocycles. The minimum Gasteiger partial charge on any atom is -0.389 e. The van der Waals surface area contributed by atoms with Crippen molar-refractivity contribution in [2.45, 2.75) is 6.18 Å². The van der Waals surface area contributed by atoms with Gasteiger partial charge in [0.15, 0.2) is 0 Å². The predicted molar refractivity (Wildman–Crippen MR) is 73.4 cm³/mol. The van der Waals surface area contributed by atoms with Gasteiger partial charge in [0.25, 0.3) is 0 Å². The van der Waals surface area contributed by atoms with Gasteiger partial charge in [0, 0.05) is 24.3 Å². The molecule has 0 bridgehead atoms. The van der Waals surface area contributed by atoms with Gasteiger partial charge in [-0.1, -0.05) is 12.2 Å². The predicted octanol–water partition coefficient (Wildman–Crippen LogP) is 1.42. The second-order valence-electron chi connectivity index (χ2n) is 3.84. The third-order valence-electron chi connectivity index (χ3n) is 2.35. The van der Waals surface area contributed by atoms with E-state index in [1.54, 1.807) is 0 Å². The van der Waals surface area contributed by atoms with Crippen molar-refractivity contribution in [1.82, 2.24) is 5.32 Å². The van der Waals surface area contributed by atoms with Gasteiger partial charge in [0.05, 0.1) is 5.56 Å². The molecule has 1 aromatic rings. The number of benzene rings is 1. The van der Waals surface area contributed by atoms with Gasteiger partial charge >= 0.3 is 12.2 Å². The molecule has 20 heavy (non-hydrogen) atoms. The number of carbonyl (C=O) groups is 1. The van der Waals surface area contributed by atoms with Crippen LogP contribution in [-0.2, 0) is 6.18 Å². The van der Waals surface area contributed by atoms with E-state index in [4.69, 9.17) is 23.7 Å². The van der Waals surface area contributed by atoms with E-state index in [0.29, 0.717) is 5.69 Å². The highest BCUT2D eigenvalue weighted by atomic mass is 32.1. The number of alkyl halides is 3. The summed E-state index contributed by atoms with van der Waals surface area (Å²) in [6, 6.07) is 2.35. The lowest BCUT2D eigenvalue weighted by atomic mass is 10.1. The maximum absolute atomic E-state index is 12.6. The van der Waals surface area contributed by atoms with E-state index in [1.165, 1.54) is 6.07 Å². The van der Waals surface area contributed by atoms with Crippen LogP contribution in [0.25, 0.3) is 0 Å². The number of anilines is 1. The molecule has 2 amide bonds. The van der Waals surface area contributed by atoms with Crippen molar-refractivity contribution in [2.24, 2.45) is 11.5 Å². The molecule has 9 heteroatoms. The molecule has 0 aromatic heterocycles. The molecule has 0 heterocycles. The zero-order valence-electron chi connectivity index (χ0n) is 10.3. The van der Waals surface area contributed by atoms with Crippen LogP contribution in [0, 0.1) is 0 Å². The summed E-state index contributed by atoms with van der Waals surface area (Å²) < 4.78 is 37.8. The van der Waals surface area contributed by atoms with E-state index in [9.17, 15) is 18.0 Å². The minimum absolute atomic E-state index is 0.0916. The van der Waals surface area contributed by atoms with Crippen LogP contribution in [0.1, 0.15) is 11.1 Å². The Hall–Kier alpha value is -2.03. The first-order valence-corrected chi connectivity index (χ1v) is 5.91. The van der Waals surface area contributed by atoms with Crippen LogP contribution >= 0.6 is 12.2 Å². The molecule has 110 valence electrons. The first kappa shape index (κ1) is 16.0. The Morgan fingerprint density at radius 1 is 1.25 bits per heavy atom. The molecule has 5 nitrogen and oxygen atoms in total. The molecular formula is C11H13F3N4OS. The van der Waals surface area contributed by atoms with E-state index >= 15 is 0 Å². The number of hydrogen-bond acceptors (Lipinski definition) is 3. The number of nitrogens with two attached hydrogens (primary N) is 2. The molecule has 6 N–H and O–H groups in total. The molecule has 0 spiro atoms. The third kappa shape index (κ3) is 4.57. The van der Waals surface area contributed by atoms with Crippen molar-refractivity contribution in [3.05, 3.63) is 29.3 Å². The first-order chi connectivity index (χ1) is 9.21. The van der Waals surface area contributed by atoms with Gasteiger partial charge < -0.3 is 22.1 Å². The van der Waals surface area contributed by atoms with Crippen molar-refractivity contribution in [1.29, 1.82) is 0 Å². The topological polar surface area (TPSA) is 93.2 Å². The zero-order valence-corrected chi connectivity index (χ0v) is 11.1. The molecule has 0 aliphatic heterocycles. The fourth-order valence-electron chi connectivity index (χ4n) is 1.46. The molecule has 0 radical (unpaired) electrons. The lowest BCUT2D eigenvalue weighted by Crippen LogP contribution is -2.33. The minimum atomic E-state index is -4.47. The number of nitrogens with one attached hydrogen (secondary N) is 2. The molecule has 0 aliphatic rings. The van der Waals surface area contributed by atoms with E-state index in [-0.39, 0.29) is 23.6 Å². The monoisotopic (exact) mass is 306 g/mol. The molecule has 0 fully saturated rings. The molecular weight excluding hydrogens is 293 g/mol. The smallest absolute Gasteiger partial charge is 0.389 e. The summed E-state index contributed by atoms with van der Waals surface area (Å²) in [5.41, 5.74) is 9.91. The standard InChI is InChI=1S/C11H13F3N4OS/c12-11(13,14)6-1-2-8(7(5-6)9(15)20)17-3-4-18-10(16)19/h1-2,5,17H,3-4H2,(H2,15,20)(H3,16,18,19). The molecule has 0 saturated carbocycles. The van der Waals surface area contributed by atoms with Crippen LogP contribution in [0.2, 0.25) is 0 Å². The number of carbonyl (C=O) groups excluding carboxylic acids is 1. The van der Waals surface area contributed by atoms with Gasteiger partial charge in [-0.25, -0.2) is 4.79 Å². The Morgan fingerprint density at radius 3 is 2.40 bits per heavy atom. The largest absolute Gasteiger partial charge is 0.416 e. The number of rotatable bonds is 5. The highest BCUT2D eigenvalue weighted by molar-refractivity contribution is 7.80. The summed E-state index contributed by atoms with van der Waals surface area (Å²) in [6.07, 6.45) is -4.47. The number of primary amides is 1. The van der Waals surface area contributed by atoms with Crippen molar-refractivity contribution in [2.75, 3.05) is 18.4 Å².